The first-order chi connectivity index (χ1) is 3.15. The van der Waals surface area contributed by atoms with E-state index in [0.29, 0.717) is 0 Å². The summed E-state index contributed by atoms with van der Waals surface area (Å²) in [5.74, 6) is 0. The Bertz CT molecular complexity index is 39.5. The van der Waals surface area contributed by atoms with Crippen LogP contribution in [0.1, 0.15) is 0 Å². The first kappa shape index (κ1) is 17.0. The topological polar surface area (TPSA) is 37.3 Å². The maximum absolute atomic E-state index is 8.36. The monoisotopic (exact) mass is 429 g/mol. The second-order valence-corrected chi connectivity index (χ2v) is 16.3. The van der Waals surface area contributed by atoms with E-state index in [1.165, 1.54) is 0 Å². The van der Waals surface area contributed by atoms with E-state index >= 15 is 0 Å². The van der Waals surface area contributed by atoms with E-state index < -0.39 is 25.7 Å². The van der Waals surface area contributed by atoms with Gasteiger partial charge in [-0.15, -0.1) is 0 Å². The molecule has 0 bridgehead atoms. The fourth-order valence-corrected chi connectivity index (χ4v) is 0. The van der Waals surface area contributed by atoms with Crippen molar-refractivity contribution in [1.29, 1.82) is 0 Å². The minimum absolute atomic E-state index is 0. The summed E-state index contributed by atoms with van der Waals surface area (Å²) in [7, 11) is 0. The Hall–Kier alpha value is 2.73. The van der Waals surface area contributed by atoms with Gasteiger partial charge < -0.3 is 5.11 Å². The maximum atomic E-state index is 8.36. The molecule has 2 nitrogen and oxygen atoms in total. The summed E-state index contributed by atoms with van der Waals surface area (Å²) in [6.45, 7) is 14.8. The van der Waals surface area contributed by atoms with Crippen molar-refractivity contribution in [2.75, 3.05) is 0 Å². The molecule has 0 aliphatic carbocycles. The standard InChI is InChI=1S/CH2O2.3ClH.2La/c2-1-3;;;;;/h1H,(H,2,3);3*1H;;/q;;;;;+3/p-3. The maximum Gasteiger partial charge on any atom is 0 e. The predicted molar refractivity (Wildman–Crippen MR) is 26.3 cm³/mol. The molecule has 0 aromatic rings. The quantitative estimate of drug-likeness (QED) is 0.596. The van der Waals surface area contributed by atoms with Crippen LogP contribution in [0.4, 0.5) is 0 Å². The Morgan fingerprint density at radius 1 is 1.38 bits per heavy atom. The molecule has 45 valence electrons. The molecule has 0 aromatic heterocycles. The van der Waals surface area contributed by atoms with E-state index in [0.717, 1.165) is 0 Å². The van der Waals surface area contributed by atoms with Crippen LogP contribution in [0.2, 0.25) is 0 Å². The molecule has 0 saturated carbocycles. The van der Waals surface area contributed by atoms with Crippen LogP contribution >= 0.6 is 20.4 Å². The van der Waals surface area contributed by atoms with Crippen LogP contribution in [0.15, 0.2) is 0 Å². The smallest absolute Gasteiger partial charge is 0 e. The van der Waals surface area contributed by atoms with Crippen molar-refractivity contribution < 1.29 is 71.2 Å². The minimum atomic E-state index is -2.31. The molecule has 0 spiro atoms. The van der Waals surface area contributed by atoms with Crippen molar-refractivity contribution in [1.82, 2.24) is 0 Å². The third-order valence-corrected chi connectivity index (χ3v) is 0. The number of carboxylic acid groups (broad SMARTS) is 1. The van der Waals surface area contributed by atoms with E-state index in [-0.39, 0.29) is 42.1 Å². The van der Waals surface area contributed by atoms with Crippen molar-refractivity contribution in [3.05, 3.63) is 0 Å². The van der Waals surface area contributed by atoms with Gasteiger partial charge in [0, 0.05) is 35.6 Å². The van der Waals surface area contributed by atoms with Gasteiger partial charge in [0.2, 0.25) is 0 Å². The average Bonchev–Trinajstić information content (AvgIpc) is 1.33. The Morgan fingerprint density at radius 3 is 1.38 bits per heavy atom. The number of hydrogen-bond acceptors (Lipinski definition) is 1. The summed E-state index contributed by atoms with van der Waals surface area (Å²) in [6.07, 6.45) is 0. The molecule has 0 atom stereocenters. The second-order valence-electron chi connectivity index (χ2n) is 0.353. The normalized spacial score (nSPS) is 4.88. The number of halogens is 3. The molecular formula is CH2Cl3La2O2. The molecule has 0 amide bonds. The van der Waals surface area contributed by atoms with Gasteiger partial charge in [-0.1, -0.05) is 0 Å². The van der Waals surface area contributed by atoms with Crippen LogP contribution in [-0.2, 0) is 4.79 Å². The fourth-order valence-electron chi connectivity index (χ4n) is 0. The summed E-state index contributed by atoms with van der Waals surface area (Å²) in [5, 5.41) is 6.89. The van der Waals surface area contributed by atoms with Gasteiger partial charge in [-0.3, -0.25) is 4.79 Å². The molecule has 0 aromatic carbocycles. The number of carbonyl (C=O) groups is 1. The third kappa shape index (κ3) is 70.0. The van der Waals surface area contributed by atoms with E-state index in [9.17, 15) is 0 Å². The van der Waals surface area contributed by atoms with Crippen molar-refractivity contribution in [2.24, 2.45) is 0 Å². The van der Waals surface area contributed by atoms with Gasteiger partial charge in [0.15, 0.2) is 0 Å². The number of rotatable bonds is 0. The van der Waals surface area contributed by atoms with Crippen molar-refractivity contribution >= 4 is 26.8 Å². The molecule has 8 heavy (non-hydrogen) atoms. The molecule has 0 aliphatic rings. The summed E-state index contributed by atoms with van der Waals surface area (Å²) < 4.78 is 0. The largest absolute Gasteiger partial charge is 0 e. The Labute approximate surface area is 95.6 Å². The van der Waals surface area contributed by atoms with Gasteiger partial charge >= 0.3 is 46.0 Å². The summed E-state index contributed by atoms with van der Waals surface area (Å²) in [6, 6.07) is 0. The van der Waals surface area contributed by atoms with Gasteiger partial charge in [-0.2, -0.15) is 0 Å². The van der Waals surface area contributed by atoms with Crippen molar-refractivity contribution in [2.45, 2.75) is 0 Å². The molecule has 7 heteroatoms. The van der Waals surface area contributed by atoms with Crippen LogP contribution in [-0.4, -0.2) is 11.6 Å². The zero-order chi connectivity index (χ0) is 6.28. The SMILES string of the molecule is O=CO.[Cl][La]([Cl])[Cl].[La]. The van der Waals surface area contributed by atoms with Crippen LogP contribution in [0.3, 0.4) is 0 Å². The van der Waals surface area contributed by atoms with Gasteiger partial charge in [0.25, 0.3) is 6.47 Å². The molecule has 0 unspecified atom stereocenters. The summed E-state index contributed by atoms with van der Waals surface area (Å²) in [5.41, 5.74) is 0. The fraction of sp³-hybridized carbons (Fsp3) is 0. The first-order valence-corrected chi connectivity index (χ1v) is 14.8. The molecule has 0 heterocycles. The molecule has 1 radical (unpaired) electrons. The minimum Gasteiger partial charge on any atom is 0 e. The molecular weight excluding hydrogens is 428 g/mol. The van der Waals surface area contributed by atoms with E-state index in [4.69, 9.17) is 30.3 Å². The predicted octanol–water partition coefficient (Wildman–Crippen LogP) is 1.77. The van der Waals surface area contributed by atoms with Crippen molar-refractivity contribution in [3.8, 4) is 0 Å². The van der Waals surface area contributed by atoms with Crippen molar-refractivity contribution in [3.63, 3.8) is 0 Å². The molecule has 0 aliphatic heterocycles. The second kappa shape index (κ2) is 16.4. The van der Waals surface area contributed by atoms with Crippen LogP contribution < -0.4 is 0 Å². The Balaban J connectivity index is -0.0000000575. The van der Waals surface area contributed by atoms with E-state index in [1.54, 1.807) is 0 Å². The van der Waals surface area contributed by atoms with Gasteiger partial charge in [-0.25, -0.2) is 0 Å². The van der Waals surface area contributed by atoms with Crippen LogP contribution in [0.25, 0.3) is 0 Å². The Morgan fingerprint density at radius 2 is 1.38 bits per heavy atom. The molecule has 0 saturated heterocycles. The number of hydrogen-bond donors (Lipinski definition) is 1. The molecule has 0 fully saturated rings. The average molecular weight is 430 g/mol. The van der Waals surface area contributed by atoms with Crippen LogP contribution in [0, 0.1) is 61.3 Å². The van der Waals surface area contributed by atoms with Crippen LogP contribution in [0.5, 0.6) is 0 Å². The van der Waals surface area contributed by atoms with Gasteiger partial charge in [0.1, 0.15) is 0 Å². The van der Waals surface area contributed by atoms with E-state index in [2.05, 4.69) is 0 Å². The zero-order valence-electron chi connectivity index (χ0n) is 3.72. The zero-order valence-corrected chi connectivity index (χ0v) is 13.2. The summed E-state index contributed by atoms with van der Waals surface area (Å²) >= 11 is -2.31. The Kier molecular flexibility index (Phi) is 34.8. The summed E-state index contributed by atoms with van der Waals surface area (Å²) in [4.78, 5) is 8.36. The third-order valence-electron chi connectivity index (χ3n) is 0. The van der Waals surface area contributed by atoms with Gasteiger partial charge in [-0.05, 0) is 0 Å². The first-order valence-electron chi connectivity index (χ1n) is 1.15. The molecule has 0 rings (SSSR count). The van der Waals surface area contributed by atoms with E-state index in [1.807, 2.05) is 0 Å². The van der Waals surface area contributed by atoms with Gasteiger partial charge in [0.05, 0.1) is 0 Å². The molecule has 1 N–H and O–H groups in total.